The number of esters is 4. The zero-order valence-corrected chi connectivity index (χ0v) is 27.6. The molecule has 10 heteroatoms. The SMILES string of the molecule is CC(C)(C)NCC(O)c1cc(OC(=O)c2ccc(OC(=O)c3ccccc3)cc2)cc(OC(=O)c2ccc(OC(=O)c3ccccc3)cc2)c1. The number of nitrogens with one attached hydrogen (secondary N) is 1. The van der Waals surface area contributed by atoms with Crippen LogP contribution in [0, 0.1) is 0 Å². The number of carbonyl (C=O) groups excluding carboxylic acids is 4. The Morgan fingerprint density at radius 1 is 0.520 bits per heavy atom. The lowest BCUT2D eigenvalue weighted by molar-refractivity contribution is 0.0722. The van der Waals surface area contributed by atoms with Crippen LogP contribution >= 0.6 is 0 Å². The van der Waals surface area contributed by atoms with E-state index in [2.05, 4.69) is 5.32 Å². The molecule has 0 radical (unpaired) electrons. The van der Waals surface area contributed by atoms with E-state index in [1.165, 1.54) is 66.7 Å². The number of aliphatic hydroxyl groups is 1. The molecule has 0 fully saturated rings. The number of rotatable bonds is 11. The van der Waals surface area contributed by atoms with E-state index in [1.807, 2.05) is 20.8 Å². The number of β-amino-alcohol motifs (C(OH)–C–C–N with tert-alkyl or cyclic N) is 1. The Kier molecular flexibility index (Phi) is 11.2. The van der Waals surface area contributed by atoms with Crippen molar-refractivity contribution in [2.24, 2.45) is 0 Å². The second-order valence-corrected chi connectivity index (χ2v) is 12.2. The molecule has 0 amide bonds. The van der Waals surface area contributed by atoms with Crippen molar-refractivity contribution in [3.05, 3.63) is 155 Å². The quantitative estimate of drug-likeness (QED) is 0.112. The molecule has 1 unspecified atom stereocenters. The van der Waals surface area contributed by atoms with Crippen molar-refractivity contribution < 1.29 is 43.2 Å². The molecular weight excluding hydrogens is 638 g/mol. The summed E-state index contributed by atoms with van der Waals surface area (Å²) < 4.78 is 22.0. The van der Waals surface area contributed by atoms with Crippen molar-refractivity contribution in [1.82, 2.24) is 5.32 Å². The van der Waals surface area contributed by atoms with Gasteiger partial charge in [-0.15, -0.1) is 0 Å². The van der Waals surface area contributed by atoms with E-state index in [4.69, 9.17) is 18.9 Å². The molecule has 1 atom stereocenters. The van der Waals surface area contributed by atoms with E-state index in [1.54, 1.807) is 60.7 Å². The molecule has 2 N–H and O–H groups in total. The van der Waals surface area contributed by atoms with Gasteiger partial charge in [-0.2, -0.15) is 0 Å². The summed E-state index contributed by atoms with van der Waals surface area (Å²) in [5, 5.41) is 14.2. The molecular formula is C40H35NO9. The minimum atomic E-state index is -1.04. The van der Waals surface area contributed by atoms with E-state index in [-0.39, 0.29) is 46.2 Å². The Hall–Kier alpha value is -6.10. The minimum Gasteiger partial charge on any atom is -0.423 e. The van der Waals surface area contributed by atoms with Crippen LogP contribution in [0.3, 0.4) is 0 Å². The first-order valence-corrected chi connectivity index (χ1v) is 15.7. The molecule has 254 valence electrons. The van der Waals surface area contributed by atoms with Gasteiger partial charge in [0.05, 0.1) is 28.4 Å². The maximum absolute atomic E-state index is 13.1. The van der Waals surface area contributed by atoms with Gasteiger partial charge in [-0.25, -0.2) is 19.2 Å². The lowest BCUT2D eigenvalue weighted by Crippen LogP contribution is -2.38. The van der Waals surface area contributed by atoms with Gasteiger partial charge in [-0.1, -0.05) is 36.4 Å². The van der Waals surface area contributed by atoms with Gasteiger partial charge in [0.1, 0.15) is 23.0 Å². The first-order valence-electron chi connectivity index (χ1n) is 15.7. The predicted molar refractivity (Wildman–Crippen MR) is 185 cm³/mol. The number of ether oxygens (including phenoxy) is 4. The number of benzene rings is 5. The highest BCUT2D eigenvalue weighted by atomic mass is 16.6. The van der Waals surface area contributed by atoms with Crippen LogP contribution in [0.5, 0.6) is 23.0 Å². The average molecular weight is 674 g/mol. The molecule has 0 aliphatic rings. The zero-order valence-electron chi connectivity index (χ0n) is 27.6. The summed E-state index contributed by atoms with van der Waals surface area (Å²) in [5.41, 5.74) is 1.14. The molecule has 5 aromatic rings. The standard InChI is InChI=1S/C40H35NO9/c1-40(2,3)41-25-35(42)30-22-33(49-38(45)28-14-18-31(19-15-28)47-36(43)26-10-6-4-7-11-26)24-34(23-30)50-39(46)29-16-20-32(21-17-29)48-37(44)27-12-8-5-9-13-27/h4-24,35,41-42H,25H2,1-3H3. The smallest absolute Gasteiger partial charge is 0.343 e. The molecule has 0 aliphatic heterocycles. The van der Waals surface area contributed by atoms with Crippen LogP contribution < -0.4 is 24.3 Å². The number of hydrogen-bond acceptors (Lipinski definition) is 10. The van der Waals surface area contributed by atoms with Gasteiger partial charge in [-0.05, 0) is 111 Å². The van der Waals surface area contributed by atoms with Gasteiger partial charge in [0.25, 0.3) is 0 Å². The van der Waals surface area contributed by atoms with Crippen molar-refractivity contribution >= 4 is 23.9 Å². The number of hydrogen-bond donors (Lipinski definition) is 2. The number of carbonyl (C=O) groups is 4. The molecule has 0 spiro atoms. The van der Waals surface area contributed by atoms with E-state index < -0.39 is 30.0 Å². The van der Waals surface area contributed by atoms with Gasteiger partial charge in [0.2, 0.25) is 0 Å². The minimum absolute atomic E-state index is 0.0212. The van der Waals surface area contributed by atoms with Gasteiger partial charge >= 0.3 is 23.9 Å². The maximum atomic E-state index is 13.1. The number of aliphatic hydroxyl groups excluding tert-OH is 1. The largest absolute Gasteiger partial charge is 0.423 e. The molecule has 0 bridgehead atoms. The average Bonchev–Trinajstić information content (AvgIpc) is 3.11. The lowest BCUT2D eigenvalue weighted by atomic mass is 10.1. The zero-order chi connectivity index (χ0) is 35.7. The highest BCUT2D eigenvalue weighted by Crippen LogP contribution is 2.29. The Morgan fingerprint density at radius 3 is 1.22 bits per heavy atom. The van der Waals surface area contributed by atoms with Gasteiger partial charge in [0, 0.05) is 18.2 Å². The molecule has 10 nitrogen and oxygen atoms in total. The molecule has 0 aliphatic carbocycles. The third-order valence-corrected chi connectivity index (χ3v) is 7.15. The Morgan fingerprint density at radius 2 is 0.860 bits per heavy atom. The Labute approximate surface area is 289 Å². The van der Waals surface area contributed by atoms with Crippen molar-refractivity contribution in [3.8, 4) is 23.0 Å². The van der Waals surface area contributed by atoms with Crippen LogP contribution in [-0.4, -0.2) is 41.1 Å². The van der Waals surface area contributed by atoms with Crippen LogP contribution in [0.1, 0.15) is 73.9 Å². The van der Waals surface area contributed by atoms with Crippen LogP contribution in [0.2, 0.25) is 0 Å². The van der Waals surface area contributed by atoms with E-state index in [0.717, 1.165) is 0 Å². The second kappa shape index (κ2) is 15.9. The van der Waals surface area contributed by atoms with Gasteiger partial charge in [0.15, 0.2) is 0 Å². The van der Waals surface area contributed by atoms with Crippen LogP contribution in [0.25, 0.3) is 0 Å². The fraction of sp³-hybridized carbons (Fsp3) is 0.150. The fourth-order valence-corrected chi connectivity index (χ4v) is 4.56. The summed E-state index contributed by atoms with van der Waals surface area (Å²) in [7, 11) is 0. The highest BCUT2D eigenvalue weighted by Gasteiger charge is 2.19. The maximum Gasteiger partial charge on any atom is 0.343 e. The lowest BCUT2D eigenvalue weighted by Gasteiger charge is -2.23. The third kappa shape index (κ3) is 9.96. The predicted octanol–water partition coefficient (Wildman–Crippen LogP) is 6.98. The molecule has 5 aromatic carbocycles. The Bertz CT molecular complexity index is 1820. The third-order valence-electron chi connectivity index (χ3n) is 7.15. The second-order valence-electron chi connectivity index (χ2n) is 12.2. The van der Waals surface area contributed by atoms with Crippen molar-refractivity contribution in [2.45, 2.75) is 32.4 Å². The van der Waals surface area contributed by atoms with E-state index in [9.17, 15) is 24.3 Å². The molecule has 50 heavy (non-hydrogen) atoms. The van der Waals surface area contributed by atoms with Crippen molar-refractivity contribution in [3.63, 3.8) is 0 Å². The highest BCUT2D eigenvalue weighted by molar-refractivity contribution is 5.94. The fourth-order valence-electron chi connectivity index (χ4n) is 4.56. The molecule has 5 rings (SSSR count). The van der Waals surface area contributed by atoms with Gasteiger partial charge in [-0.3, -0.25) is 0 Å². The summed E-state index contributed by atoms with van der Waals surface area (Å²) in [6.07, 6.45) is -1.04. The molecule has 0 heterocycles. The van der Waals surface area contributed by atoms with E-state index in [0.29, 0.717) is 16.7 Å². The normalized spacial score (nSPS) is 11.6. The first kappa shape index (κ1) is 35.2. The summed E-state index contributed by atoms with van der Waals surface area (Å²) in [5.74, 6) is -2.03. The van der Waals surface area contributed by atoms with Crippen molar-refractivity contribution in [1.29, 1.82) is 0 Å². The van der Waals surface area contributed by atoms with Crippen LogP contribution in [0.4, 0.5) is 0 Å². The Balaban J connectivity index is 1.29. The summed E-state index contributed by atoms with van der Waals surface area (Å²) >= 11 is 0. The topological polar surface area (TPSA) is 137 Å². The first-order chi connectivity index (χ1) is 23.9. The van der Waals surface area contributed by atoms with Crippen LogP contribution in [0.15, 0.2) is 127 Å². The molecule has 0 saturated carbocycles. The van der Waals surface area contributed by atoms with E-state index >= 15 is 0 Å². The molecule has 0 aromatic heterocycles. The van der Waals surface area contributed by atoms with Crippen LogP contribution in [-0.2, 0) is 0 Å². The van der Waals surface area contributed by atoms with Gasteiger partial charge < -0.3 is 29.4 Å². The monoisotopic (exact) mass is 673 g/mol. The summed E-state index contributed by atoms with van der Waals surface area (Å²) in [4.78, 5) is 51.0. The summed E-state index contributed by atoms with van der Waals surface area (Å²) in [6.45, 7) is 6.02. The summed E-state index contributed by atoms with van der Waals surface area (Å²) in [6, 6.07) is 33.0. The molecule has 0 saturated heterocycles. The van der Waals surface area contributed by atoms with Crippen molar-refractivity contribution in [2.75, 3.05) is 6.54 Å².